The summed E-state index contributed by atoms with van der Waals surface area (Å²) in [7, 11) is 6.70. The third-order valence-electron chi connectivity index (χ3n) is 0.396. The van der Waals surface area contributed by atoms with Gasteiger partial charge < -0.3 is 0 Å². The van der Waals surface area contributed by atoms with E-state index in [1.54, 1.807) is 0 Å². The lowest BCUT2D eigenvalue weighted by Gasteiger charge is -1.93. The second-order valence-electron chi connectivity index (χ2n) is 1.67. The molecule has 0 unspecified atom stereocenters. The van der Waals surface area contributed by atoms with Gasteiger partial charge in [0.05, 0.1) is 0 Å². The van der Waals surface area contributed by atoms with Crippen LogP contribution in [0.4, 0.5) is 0 Å². The van der Waals surface area contributed by atoms with Crippen LogP contribution in [0.2, 0.25) is 0 Å². The summed E-state index contributed by atoms with van der Waals surface area (Å²) in [4.78, 5) is 0. The summed E-state index contributed by atoms with van der Waals surface area (Å²) in [5.74, 6) is 1.79. The Morgan fingerprint density at radius 1 is 1.67 bits per heavy atom. The molecular weight excluding hydrogens is 116 g/mol. The van der Waals surface area contributed by atoms with Crippen LogP contribution in [0.15, 0.2) is 0 Å². The fourth-order valence-corrected chi connectivity index (χ4v) is 1.13. The van der Waals surface area contributed by atoms with Crippen molar-refractivity contribution >= 4 is 21.7 Å². The van der Waals surface area contributed by atoms with Gasteiger partial charge in [0.25, 0.3) is 0 Å². The number of rotatable bonds is 2. The van der Waals surface area contributed by atoms with Crippen molar-refractivity contribution in [1.29, 1.82) is 0 Å². The van der Waals surface area contributed by atoms with E-state index in [2.05, 4.69) is 13.8 Å². The molecule has 0 atom stereocenters. The Balaban J connectivity index is 2.63. The normalized spacial score (nSPS) is 10.0. The van der Waals surface area contributed by atoms with Crippen molar-refractivity contribution in [2.75, 3.05) is 5.75 Å². The number of hydrogen-bond donors (Lipinski definition) is 0. The molecule has 0 amide bonds. The van der Waals surface area contributed by atoms with E-state index in [9.17, 15) is 0 Å². The Morgan fingerprint density at radius 3 is 2.17 bits per heavy atom. The van der Waals surface area contributed by atoms with Crippen LogP contribution >= 0.6 is 21.7 Å². The molecule has 0 spiro atoms. The molecule has 0 aliphatic heterocycles. The Hall–Kier alpha value is 0.640. The van der Waals surface area contributed by atoms with Gasteiger partial charge in [-0.3, -0.25) is 0 Å². The van der Waals surface area contributed by atoms with Gasteiger partial charge in [0, 0.05) is 5.75 Å². The zero-order valence-electron chi connectivity index (χ0n) is 4.07. The van der Waals surface area contributed by atoms with Gasteiger partial charge >= 0.3 is 0 Å². The summed E-state index contributed by atoms with van der Waals surface area (Å²) >= 11 is 0. The van der Waals surface area contributed by atoms with Crippen molar-refractivity contribution in [1.82, 2.24) is 0 Å². The van der Waals surface area contributed by atoms with Crippen LogP contribution < -0.4 is 0 Å². The second kappa shape index (κ2) is 3.82. The Bertz CT molecular complexity index is 28.7. The first-order valence-corrected chi connectivity index (χ1v) is 3.82. The van der Waals surface area contributed by atoms with Crippen molar-refractivity contribution in [3.8, 4) is 0 Å². The quantitative estimate of drug-likeness (QED) is 0.545. The van der Waals surface area contributed by atoms with E-state index in [1.807, 2.05) is 0 Å². The highest BCUT2D eigenvalue weighted by atomic mass is 35.7. The molecule has 0 saturated carbocycles. The molecular formula is C4H9ClS. The van der Waals surface area contributed by atoms with Gasteiger partial charge in [0.15, 0.2) is 0 Å². The highest BCUT2D eigenvalue weighted by Crippen LogP contribution is 2.10. The molecule has 0 aliphatic rings. The molecule has 0 aromatic heterocycles. The van der Waals surface area contributed by atoms with Crippen LogP contribution in [-0.2, 0) is 0 Å². The predicted molar refractivity (Wildman–Crippen MR) is 33.1 cm³/mol. The van der Waals surface area contributed by atoms with Crippen LogP contribution in [0.1, 0.15) is 13.8 Å². The Kier molecular flexibility index (Phi) is 4.22. The first-order chi connectivity index (χ1) is 2.77. The number of hydrogen-bond acceptors (Lipinski definition) is 1. The second-order valence-corrected chi connectivity index (χ2v) is 2.88. The van der Waals surface area contributed by atoms with Gasteiger partial charge in [-0.2, -0.15) is 0 Å². The molecule has 0 N–H and O–H groups in total. The molecule has 2 heteroatoms. The summed E-state index contributed by atoms with van der Waals surface area (Å²) in [5.41, 5.74) is 0. The van der Waals surface area contributed by atoms with E-state index in [1.165, 1.54) is 11.0 Å². The van der Waals surface area contributed by atoms with E-state index in [-0.39, 0.29) is 0 Å². The summed E-state index contributed by atoms with van der Waals surface area (Å²) < 4.78 is 0. The van der Waals surface area contributed by atoms with Crippen molar-refractivity contribution in [3.05, 3.63) is 0 Å². The molecule has 0 nitrogen and oxygen atoms in total. The summed E-state index contributed by atoms with van der Waals surface area (Å²) in [6.07, 6.45) is 0. The van der Waals surface area contributed by atoms with Crippen molar-refractivity contribution in [2.24, 2.45) is 5.92 Å². The summed E-state index contributed by atoms with van der Waals surface area (Å²) in [5, 5.41) is 0. The van der Waals surface area contributed by atoms with Gasteiger partial charge in [-0.1, -0.05) is 24.8 Å². The Labute approximate surface area is 47.8 Å². The van der Waals surface area contributed by atoms with Gasteiger partial charge in [-0.05, 0) is 16.6 Å². The van der Waals surface area contributed by atoms with Gasteiger partial charge in [0.2, 0.25) is 0 Å². The maximum Gasteiger partial charge on any atom is 0.0108 e. The smallest absolute Gasteiger partial charge is 0.0108 e. The fraction of sp³-hybridized carbons (Fsp3) is 1.00. The third-order valence-corrected chi connectivity index (χ3v) is 1.57. The standard InChI is InChI=1S/C4H9ClS/c1-4(2)3-6-5/h4H,3H2,1-2H3. The lowest BCUT2D eigenvalue weighted by Crippen LogP contribution is -1.85. The van der Waals surface area contributed by atoms with Crippen LogP contribution in [0.3, 0.4) is 0 Å². The third kappa shape index (κ3) is 4.64. The zero-order chi connectivity index (χ0) is 4.99. The molecule has 0 aliphatic carbocycles. The average Bonchev–Trinajstić information content (AvgIpc) is 1.35. The Morgan fingerprint density at radius 2 is 2.17 bits per heavy atom. The lowest BCUT2D eigenvalue weighted by molar-refractivity contribution is 0.752. The lowest BCUT2D eigenvalue weighted by atomic mass is 10.3. The molecule has 0 aromatic rings. The molecule has 0 saturated heterocycles. The van der Waals surface area contributed by atoms with Crippen molar-refractivity contribution < 1.29 is 0 Å². The maximum absolute atomic E-state index is 5.31. The predicted octanol–water partition coefficient (Wildman–Crippen LogP) is 2.53. The topological polar surface area (TPSA) is 0 Å². The van der Waals surface area contributed by atoms with Crippen LogP contribution in [0, 0.1) is 5.92 Å². The monoisotopic (exact) mass is 124 g/mol. The molecule has 0 rings (SSSR count). The minimum Gasteiger partial charge on any atom is -0.0619 e. The first-order valence-electron chi connectivity index (χ1n) is 2.01. The van der Waals surface area contributed by atoms with Gasteiger partial charge in [-0.15, -0.1) is 0 Å². The highest BCUT2D eigenvalue weighted by molar-refractivity contribution is 8.21. The zero-order valence-corrected chi connectivity index (χ0v) is 5.64. The first kappa shape index (κ1) is 6.64. The fourth-order valence-electron chi connectivity index (χ4n) is 0.126. The van der Waals surface area contributed by atoms with E-state index in [4.69, 9.17) is 10.7 Å². The van der Waals surface area contributed by atoms with Gasteiger partial charge in [-0.25, -0.2) is 0 Å². The largest absolute Gasteiger partial charge is 0.0619 e. The van der Waals surface area contributed by atoms with E-state index in [0.717, 1.165) is 11.7 Å². The van der Waals surface area contributed by atoms with Crippen LogP contribution in [0.5, 0.6) is 0 Å². The summed E-state index contributed by atoms with van der Waals surface area (Å²) in [6, 6.07) is 0. The molecule has 0 bridgehead atoms. The minimum absolute atomic E-state index is 0.729. The molecule has 0 heterocycles. The highest BCUT2D eigenvalue weighted by Gasteiger charge is 1.87. The molecule has 0 fully saturated rings. The van der Waals surface area contributed by atoms with Crippen LogP contribution in [-0.4, -0.2) is 5.75 Å². The molecule has 0 aromatic carbocycles. The molecule has 6 heavy (non-hydrogen) atoms. The minimum atomic E-state index is 0.729. The average molecular weight is 125 g/mol. The van der Waals surface area contributed by atoms with E-state index < -0.39 is 0 Å². The maximum atomic E-state index is 5.31. The molecule has 38 valence electrons. The SMILES string of the molecule is CC(C)CSCl. The molecule has 0 radical (unpaired) electrons. The van der Waals surface area contributed by atoms with Crippen LogP contribution in [0.25, 0.3) is 0 Å². The van der Waals surface area contributed by atoms with Crippen molar-refractivity contribution in [3.63, 3.8) is 0 Å². The van der Waals surface area contributed by atoms with E-state index in [0.29, 0.717) is 0 Å². The van der Waals surface area contributed by atoms with E-state index >= 15 is 0 Å². The summed E-state index contributed by atoms with van der Waals surface area (Å²) in [6.45, 7) is 4.30. The number of halogens is 1. The van der Waals surface area contributed by atoms with Gasteiger partial charge in [0.1, 0.15) is 0 Å². The van der Waals surface area contributed by atoms with Crippen molar-refractivity contribution in [2.45, 2.75) is 13.8 Å².